The molecule has 1 aromatic rings. The molecule has 10 heteroatoms. The first-order chi connectivity index (χ1) is 12.5. The first-order valence-electron chi connectivity index (χ1n) is 8.86. The lowest BCUT2D eigenvalue weighted by Crippen LogP contribution is -2.45. The Morgan fingerprint density at radius 3 is 1.86 bits per heavy atom. The molecule has 2 fully saturated rings. The van der Waals surface area contributed by atoms with Crippen molar-refractivity contribution in [1.82, 2.24) is 10.2 Å². The summed E-state index contributed by atoms with van der Waals surface area (Å²) in [6, 6.07) is 1.25. The van der Waals surface area contributed by atoms with Gasteiger partial charge in [-0.25, -0.2) is 0 Å². The molecule has 1 N–H and O–H groups in total. The molecule has 0 atom stereocenters. The van der Waals surface area contributed by atoms with E-state index in [1.807, 2.05) is 0 Å². The van der Waals surface area contributed by atoms with E-state index < -0.39 is 35.0 Å². The molecule has 1 aromatic carbocycles. The number of likely N-dealkylation sites (tertiary alicyclic amines) is 1. The molecule has 0 aromatic heterocycles. The molecule has 1 saturated heterocycles. The molecule has 0 bridgehead atoms. The minimum Gasteiger partial charge on any atom is -0.339 e. The number of carbonyl (C=O) groups is 1. The van der Waals surface area contributed by atoms with Crippen LogP contribution in [-0.2, 0) is 12.4 Å². The van der Waals surface area contributed by atoms with Crippen LogP contribution in [0.4, 0.5) is 26.3 Å². The number of hydrogen-bond acceptors (Lipinski definition) is 2. The van der Waals surface area contributed by atoms with Gasteiger partial charge in [0.25, 0.3) is 5.91 Å². The van der Waals surface area contributed by atoms with Crippen molar-refractivity contribution in [3.8, 4) is 0 Å². The zero-order valence-corrected chi connectivity index (χ0v) is 15.7. The van der Waals surface area contributed by atoms with Crippen molar-refractivity contribution < 1.29 is 31.1 Å². The Hall–Kier alpha value is -1.48. The molecule has 1 aliphatic carbocycles. The van der Waals surface area contributed by atoms with Gasteiger partial charge in [0.1, 0.15) is 0 Å². The molecule has 3 rings (SSSR count). The van der Waals surface area contributed by atoms with Crippen molar-refractivity contribution in [1.29, 1.82) is 0 Å². The maximum atomic E-state index is 12.9. The fraction of sp³-hybridized carbons (Fsp3) is 0.611. The van der Waals surface area contributed by atoms with E-state index in [0.717, 1.165) is 6.54 Å². The van der Waals surface area contributed by atoms with E-state index in [9.17, 15) is 31.1 Å². The topological polar surface area (TPSA) is 32.3 Å². The van der Waals surface area contributed by atoms with Crippen molar-refractivity contribution in [2.45, 2.75) is 44.1 Å². The number of piperidine rings is 1. The summed E-state index contributed by atoms with van der Waals surface area (Å²) in [6.45, 7) is 1.53. The predicted octanol–water partition coefficient (Wildman–Crippen LogP) is 4.75. The molecular weight excluding hydrogens is 410 g/mol. The Balaban J connectivity index is 0.00000280. The van der Waals surface area contributed by atoms with Crippen LogP contribution < -0.4 is 5.32 Å². The van der Waals surface area contributed by atoms with Crippen LogP contribution in [0, 0.1) is 5.92 Å². The van der Waals surface area contributed by atoms with E-state index in [1.165, 1.54) is 17.7 Å². The summed E-state index contributed by atoms with van der Waals surface area (Å²) in [7, 11) is 0. The van der Waals surface area contributed by atoms with E-state index in [-0.39, 0.29) is 24.5 Å². The minimum absolute atomic E-state index is 0. The van der Waals surface area contributed by atoms with Gasteiger partial charge in [-0.3, -0.25) is 4.79 Å². The number of alkyl halides is 6. The average Bonchev–Trinajstić information content (AvgIpc) is 3.42. The van der Waals surface area contributed by atoms with Gasteiger partial charge in [-0.1, -0.05) is 0 Å². The lowest BCUT2D eigenvalue weighted by molar-refractivity contribution is -0.143. The summed E-state index contributed by atoms with van der Waals surface area (Å²) in [5, 5.41) is 3.41. The first-order valence-corrected chi connectivity index (χ1v) is 8.86. The molecule has 1 amide bonds. The molecule has 0 radical (unpaired) electrons. The quantitative estimate of drug-likeness (QED) is 0.699. The Labute approximate surface area is 164 Å². The van der Waals surface area contributed by atoms with Gasteiger partial charge in [0.05, 0.1) is 11.1 Å². The number of carbonyl (C=O) groups excluding carboxylic acids is 1. The molecule has 2 aliphatic rings. The van der Waals surface area contributed by atoms with Crippen LogP contribution in [0.2, 0.25) is 0 Å². The normalized spacial score (nSPS) is 18.7. The monoisotopic (exact) mass is 430 g/mol. The summed E-state index contributed by atoms with van der Waals surface area (Å²) >= 11 is 0. The zero-order chi connectivity index (χ0) is 19.8. The number of halogens is 7. The third kappa shape index (κ3) is 5.76. The average molecular weight is 431 g/mol. The van der Waals surface area contributed by atoms with Crippen molar-refractivity contribution in [2.75, 3.05) is 19.6 Å². The van der Waals surface area contributed by atoms with Crippen LogP contribution in [-0.4, -0.2) is 36.5 Å². The number of nitrogens with zero attached hydrogens (tertiary/aromatic N) is 1. The van der Waals surface area contributed by atoms with E-state index in [0.29, 0.717) is 44.0 Å². The van der Waals surface area contributed by atoms with Gasteiger partial charge < -0.3 is 10.2 Å². The Kier molecular flexibility index (Phi) is 6.91. The van der Waals surface area contributed by atoms with Gasteiger partial charge in [-0.2, -0.15) is 26.3 Å². The van der Waals surface area contributed by atoms with Crippen LogP contribution in [0.1, 0.15) is 47.2 Å². The molecule has 28 heavy (non-hydrogen) atoms. The van der Waals surface area contributed by atoms with Crippen LogP contribution in [0.5, 0.6) is 0 Å². The summed E-state index contributed by atoms with van der Waals surface area (Å²) in [6.07, 6.45) is -6.25. The second-order valence-corrected chi connectivity index (χ2v) is 7.21. The van der Waals surface area contributed by atoms with Crippen molar-refractivity contribution in [2.24, 2.45) is 5.92 Å². The second kappa shape index (κ2) is 8.49. The maximum absolute atomic E-state index is 12.9. The molecule has 3 nitrogen and oxygen atoms in total. The first kappa shape index (κ1) is 22.8. The zero-order valence-electron chi connectivity index (χ0n) is 14.9. The minimum atomic E-state index is -4.96. The largest absolute Gasteiger partial charge is 0.416 e. The highest BCUT2D eigenvalue weighted by Gasteiger charge is 2.38. The highest BCUT2D eigenvalue weighted by atomic mass is 35.5. The molecule has 1 heterocycles. The van der Waals surface area contributed by atoms with Gasteiger partial charge >= 0.3 is 12.4 Å². The van der Waals surface area contributed by atoms with Gasteiger partial charge in [0, 0.05) is 24.7 Å². The molecule has 0 unspecified atom stereocenters. The van der Waals surface area contributed by atoms with E-state index in [4.69, 9.17) is 0 Å². The molecule has 158 valence electrons. The van der Waals surface area contributed by atoms with E-state index >= 15 is 0 Å². The third-order valence-corrected chi connectivity index (χ3v) is 5.01. The second-order valence-electron chi connectivity index (χ2n) is 7.21. The molecule has 0 spiro atoms. The highest BCUT2D eigenvalue weighted by Crippen LogP contribution is 2.36. The third-order valence-electron chi connectivity index (χ3n) is 5.01. The van der Waals surface area contributed by atoms with Gasteiger partial charge in [-0.15, -0.1) is 12.4 Å². The van der Waals surface area contributed by atoms with E-state index in [1.54, 1.807) is 0 Å². The Morgan fingerprint density at radius 2 is 1.43 bits per heavy atom. The fourth-order valence-electron chi connectivity index (χ4n) is 3.20. The Morgan fingerprint density at radius 1 is 0.929 bits per heavy atom. The summed E-state index contributed by atoms with van der Waals surface area (Å²) in [5.74, 6) is -0.0946. The van der Waals surface area contributed by atoms with Gasteiger partial charge in [0.2, 0.25) is 0 Å². The Bertz CT molecular complexity index is 662. The molecular formula is C18H21ClF6N2O. The summed E-state index contributed by atoms with van der Waals surface area (Å²) in [4.78, 5) is 13.8. The molecule has 1 saturated carbocycles. The number of benzene rings is 1. The summed E-state index contributed by atoms with van der Waals surface area (Å²) in [5.41, 5.74) is -3.52. The van der Waals surface area contributed by atoms with Crippen LogP contribution >= 0.6 is 12.4 Å². The van der Waals surface area contributed by atoms with E-state index in [2.05, 4.69) is 5.32 Å². The standard InChI is InChI=1S/C18H20F6N2O.ClH/c19-17(20,21)13-7-12(8-14(9-13)18(22,23)24)16(27)26-5-3-15(4-6-26)25-10-11-1-2-11;/h7-9,11,15,25H,1-6,10H2;1H. The van der Waals surface area contributed by atoms with Crippen molar-refractivity contribution in [3.63, 3.8) is 0 Å². The van der Waals surface area contributed by atoms with Gasteiger partial charge in [0.15, 0.2) is 0 Å². The van der Waals surface area contributed by atoms with Crippen LogP contribution in [0.25, 0.3) is 0 Å². The highest BCUT2D eigenvalue weighted by molar-refractivity contribution is 5.94. The van der Waals surface area contributed by atoms with Crippen LogP contribution in [0.15, 0.2) is 18.2 Å². The van der Waals surface area contributed by atoms with Crippen molar-refractivity contribution in [3.05, 3.63) is 34.9 Å². The molecule has 1 aliphatic heterocycles. The fourth-order valence-corrected chi connectivity index (χ4v) is 3.20. The SMILES string of the molecule is Cl.O=C(c1cc(C(F)(F)F)cc(C(F)(F)F)c1)N1CCC(NCC2CC2)CC1. The lowest BCUT2D eigenvalue weighted by atomic mass is 10.0. The predicted molar refractivity (Wildman–Crippen MR) is 93.3 cm³/mol. The number of amides is 1. The van der Waals surface area contributed by atoms with Crippen molar-refractivity contribution >= 4 is 18.3 Å². The maximum Gasteiger partial charge on any atom is 0.416 e. The number of rotatable bonds is 4. The van der Waals surface area contributed by atoms with Crippen LogP contribution in [0.3, 0.4) is 0 Å². The number of nitrogens with one attached hydrogen (secondary N) is 1. The summed E-state index contributed by atoms with van der Waals surface area (Å²) < 4.78 is 77.7. The lowest BCUT2D eigenvalue weighted by Gasteiger charge is -2.33. The smallest absolute Gasteiger partial charge is 0.339 e. The van der Waals surface area contributed by atoms with Gasteiger partial charge in [-0.05, 0) is 56.3 Å². The number of hydrogen-bond donors (Lipinski definition) is 1.